The molecule has 0 saturated carbocycles. The molecule has 2 aliphatic rings. The monoisotopic (exact) mass is 406 g/mol. The Kier molecular flexibility index (Phi) is 4.92. The zero-order valence-corrected chi connectivity index (χ0v) is 16.1. The highest BCUT2D eigenvalue weighted by atomic mass is 19.4. The molecule has 4 nitrogen and oxygen atoms in total. The number of halogens is 3. The van der Waals surface area contributed by atoms with E-state index in [1.54, 1.807) is 12.1 Å². The van der Waals surface area contributed by atoms with Gasteiger partial charge in [-0.05, 0) is 48.6 Å². The van der Waals surface area contributed by atoms with Crippen LogP contribution in [0.15, 0.2) is 30.3 Å². The highest BCUT2D eigenvalue weighted by Crippen LogP contribution is 2.45. The van der Waals surface area contributed by atoms with Gasteiger partial charge in [0.1, 0.15) is 17.6 Å². The van der Waals surface area contributed by atoms with Crippen LogP contribution in [0.1, 0.15) is 52.7 Å². The van der Waals surface area contributed by atoms with Crippen molar-refractivity contribution < 1.29 is 32.2 Å². The van der Waals surface area contributed by atoms with Crippen LogP contribution in [0.2, 0.25) is 0 Å². The van der Waals surface area contributed by atoms with E-state index in [4.69, 9.17) is 14.2 Å². The number of carbonyl (C=O) groups excluding carboxylic acids is 1. The molecule has 154 valence electrons. The van der Waals surface area contributed by atoms with Gasteiger partial charge < -0.3 is 14.2 Å². The van der Waals surface area contributed by atoms with E-state index in [0.29, 0.717) is 42.1 Å². The van der Waals surface area contributed by atoms with E-state index in [2.05, 4.69) is 0 Å². The Balaban J connectivity index is 1.58. The lowest BCUT2D eigenvalue weighted by Gasteiger charge is -2.19. The van der Waals surface area contributed by atoms with E-state index in [-0.39, 0.29) is 18.3 Å². The number of rotatable bonds is 4. The highest BCUT2D eigenvalue weighted by molar-refractivity contribution is 5.71. The van der Waals surface area contributed by atoms with Crippen molar-refractivity contribution in [1.29, 1.82) is 0 Å². The SMILES string of the molecule is COC(=O)CC1COc2cc(O[C@@H]3CCc4c3cccc4C(F)(F)F)c(C)cc21. The van der Waals surface area contributed by atoms with Gasteiger partial charge in [0.2, 0.25) is 0 Å². The van der Waals surface area contributed by atoms with Gasteiger partial charge in [0.15, 0.2) is 0 Å². The van der Waals surface area contributed by atoms with Crippen LogP contribution in [0.4, 0.5) is 13.2 Å². The van der Waals surface area contributed by atoms with Crippen molar-refractivity contribution in [2.75, 3.05) is 13.7 Å². The first-order chi connectivity index (χ1) is 13.8. The predicted molar refractivity (Wildman–Crippen MR) is 99.2 cm³/mol. The molecule has 1 aliphatic carbocycles. The molecule has 0 bridgehead atoms. The summed E-state index contributed by atoms with van der Waals surface area (Å²) in [5.41, 5.74) is 2.10. The molecular formula is C22H21F3O4. The second kappa shape index (κ2) is 7.28. The summed E-state index contributed by atoms with van der Waals surface area (Å²) in [6, 6.07) is 7.95. The lowest BCUT2D eigenvalue weighted by molar-refractivity contribution is -0.141. The van der Waals surface area contributed by atoms with Crippen LogP contribution in [0.3, 0.4) is 0 Å². The van der Waals surface area contributed by atoms with Crippen LogP contribution >= 0.6 is 0 Å². The van der Waals surface area contributed by atoms with Crippen LogP contribution in [0.5, 0.6) is 11.5 Å². The smallest absolute Gasteiger partial charge is 0.416 e. The van der Waals surface area contributed by atoms with E-state index in [0.717, 1.165) is 17.2 Å². The van der Waals surface area contributed by atoms with Crippen LogP contribution in [0, 0.1) is 6.92 Å². The molecule has 4 rings (SSSR count). The van der Waals surface area contributed by atoms with E-state index >= 15 is 0 Å². The number of esters is 1. The summed E-state index contributed by atoms with van der Waals surface area (Å²) < 4.78 is 56.4. The molecule has 0 amide bonds. The van der Waals surface area contributed by atoms with E-state index in [9.17, 15) is 18.0 Å². The third-order valence-electron chi connectivity index (χ3n) is 5.62. The Hall–Kier alpha value is -2.70. The number of hydrogen-bond acceptors (Lipinski definition) is 4. The molecule has 29 heavy (non-hydrogen) atoms. The molecule has 0 spiro atoms. The molecular weight excluding hydrogens is 385 g/mol. The fraction of sp³-hybridized carbons (Fsp3) is 0.409. The van der Waals surface area contributed by atoms with Crippen molar-refractivity contribution in [1.82, 2.24) is 0 Å². The predicted octanol–water partition coefficient (Wildman–Crippen LogP) is 5.12. The summed E-state index contributed by atoms with van der Waals surface area (Å²) in [6.07, 6.45) is -3.75. The molecule has 0 radical (unpaired) electrons. The second-order valence-corrected chi connectivity index (χ2v) is 7.46. The third-order valence-corrected chi connectivity index (χ3v) is 5.62. The third kappa shape index (κ3) is 3.66. The molecule has 2 atom stereocenters. The van der Waals surface area contributed by atoms with Crippen molar-refractivity contribution in [2.45, 2.75) is 44.4 Å². The first-order valence-corrected chi connectivity index (χ1v) is 9.47. The van der Waals surface area contributed by atoms with Crippen LogP contribution in [-0.4, -0.2) is 19.7 Å². The number of alkyl halides is 3. The minimum Gasteiger partial charge on any atom is -0.492 e. The molecule has 2 aromatic rings. The first kappa shape index (κ1) is 19.6. The molecule has 0 saturated heterocycles. The average molecular weight is 406 g/mol. The number of benzene rings is 2. The fourth-order valence-corrected chi connectivity index (χ4v) is 4.15. The van der Waals surface area contributed by atoms with Crippen molar-refractivity contribution in [3.8, 4) is 11.5 Å². The Morgan fingerprint density at radius 1 is 1.24 bits per heavy atom. The zero-order chi connectivity index (χ0) is 20.8. The van der Waals surface area contributed by atoms with Crippen LogP contribution in [0.25, 0.3) is 0 Å². The lowest BCUT2D eigenvalue weighted by Crippen LogP contribution is -2.10. The average Bonchev–Trinajstić information content (AvgIpc) is 3.25. The minimum atomic E-state index is -4.37. The molecule has 0 N–H and O–H groups in total. The number of aryl methyl sites for hydroxylation is 1. The largest absolute Gasteiger partial charge is 0.492 e. The normalized spacial score (nSPS) is 20.0. The molecule has 2 aromatic carbocycles. The summed E-state index contributed by atoms with van der Waals surface area (Å²) >= 11 is 0. The molecule has 1 heterocycles. The van der Waals surface area contributed by atoms with Gasteiger partial charge in [-0.2, -0.15) is 13.2 Å². The summed E-state index contributed by atoms with van der Waals surface area (Å²) in [4.78, 5) is 11.6. The van der Waals surface area contributed by atoms with Crippen molar-refractivity contribution >= 4 is 5.97 Å². The summed E-state index contributed by atoms with van der Waals surface area (Å²) in [6.45, 7) is 2.26. The maximum Gasteiger partial charge on any atom is 0.416 e. The number of methoxy groups -OCH3 is 1. The van der Waals surface area contributed by atoms with Gasteiger partial charge in [-0.1, -0.05) is 12.1 Å². The van der Waals surface area contributed by atoms with Gasteiger partial charge in [-0.15, -0.1) is 0 Å². The second-order valence-electron chi connectivity index (χ2n) is 7.46. The lowest BCUT2D eigenvalue weighted by atomic mass is 9.96. The summed E-state index contributed by atoms with van der Waals surface area (Å²) in [5, 5.41) is 0. The maximum absolute atomic E-state index is 13.3. The topological polar surface area (TPSA) is 44.8 Å². The molecule has 0 fully saturated rings. The van der Waals surface area contributed by atoms with Crippen LogP contribution in [-0.2, 0) is 22.1 Å². The number of ether oxygens (including phenoxy) is 3. The standard InChI is InChI=1S/C22H21F3O4/c1-12-8-16-13(9-21(26)27-2)11-28-20(16)10-19(12)29-18-7-6-14-15(18)4-3-5-17(14)22(23,24)25/h3-5,8,10,13,18H,6-7,9,11H2,1-2H3/t13?,18-/m1/s1. The Morgan fingerprint density at radius 2 is 2.03 bits per heavy atom. The quantitative estimate of drug-likeness (QED) is 0.662. The maximum atomic E-state index is 13.3. The van der Waals surface area contributed by atoms with E-state index in [1.807, 2.05) is 13.0 Å². The molecule has 0 aromatic heterocycles. The number of fused-ring (bicyclic) bond motifs is 2. The Labute approximate surface area is 166 Å². The number of hydrogen-bond donors (Lipinski definition) is 0. The van der Waals surface area contributed by atoms with Gasteiger partial charge in [-0.25, -0.2) is 0 Å². The Morgan fingerprint density at radius 3 is 2.76 bits per heavy atom. The van der Waals surface area contributed by atoms with Gasteiger partial charge in [0, 0.05) is 17.5 Å². The van der Waals surface area contributed by atoms with Gasteiger partial charge in [0.05, 0.1) is 25.7 Å². The molecule has 1 unspecified atom stereocenters. The van der Waals surface area contributed by atoms with Crippen molar-refractivity contribution in [3.63, 3.8) is 0 Å². The molecule has 7 heteroatoms. The fourth-order valence-electron chi connectivity index (χ4n) is 4.15. The van der Waals surface area contributed by atoms with E-state index < -0.39 is 17.8 Å². The van der Waals surface area contributed by atoms with Gasteiger partial charge in [-0.3, -0.25) is 4.79 Å². The number of carbonyl (C=O) groups is 1. The first-order valence-electron chi connectivity index (χ1n) is 9.47. The van der Waals surface area contributed by atoms with Crippen LogP contribution < -0.4 is 9.47 Å². The van der Waals surface area contributed by atoms with Gasteiger partial charge in [0.25, 0.3) is 0 Å². The highest BCUT2D eigenvalue weighted by Gasteiger charge is 2.38. The van der Waals surface area contributed by atoms with Crippen molar-refractivity contribution in [3.05, 3.63) is 58.1 Å². The summed E-state index contributed by atoms with van der Waals surface area (Å²) in [5.74, 6) is 0.846. The Bertz CT molecular complexity index is 952. The zero-order valence-electron chi connectivity index (χ0n) is 16.1. The van der Waals surface area contributed by atoms with Crippen molar-refractivity contribution in [2.24, 2.45) is 0 Å². The summed E-state index contributed by atoms with van der Waals surface area (Å²) in [7, 11) is 1.35. The van der Waals surface area contributed by atoms with Gasteiger partial charge >= 0.3 is 12.1 Å². The van der Waals surface area contributed by atoms with E-state index in [1.165, 1.54) is 13.2 Å². The molecule has 1 aliphatic heterocycles. The minimum absolute atomic E-state index is 0.0771.